The number of fused-ring (bicyclic) bond motifs is 1. The Morgan fingerprint density at radius 3 is 2.43 bits per heavy atom. The van der Waals surface area contributed by atoms with Crippen LogP contribution >= 0.6 is 24.0 Å². The molecule has 0 saturated heterocycles. The molecule has 0 radical (unpaired) electrons. The molecule has 1 heterocycles. The van der Waals surface area contributed by atoms with Gasteiger partial charge in [0.2, 0.25) is 0 Å². The summed E-state index contributed by atoms with van der Waals surface area (Å²) < 4.78 is 11.6. The van der Waals surface area contributed by atoms with Gasteiger partial charge < -0.3 is 25.4 Å². The standard InChI is InChI=1S/C20H24N4O3.HI/c1-21-20(23-12-11-22-19(25)15-7-3-2-4-8-15)24-13-16-14-26-17-9-5-6-10-18(17)27-16;/h2-10,16H,11-14H2,1H3,(H,22,25)(H2,21,23,24);1H. The van der Waals surface area contributed by atoms with Crippen LogP contribution in [0.5, 0.6) is 11.5 Å². The number of ether oxygens (including phenoxy) is 2. The Kier molecular flexibility index (Phi) is 8.86. The minimum atomic E-state index is -0.101. The topological polar surface area (TPSA) is 84.0 Å². The molecule has 2 aromatic carbocycles. The zero-order chi connectivity index (χ0) is 18.9. The largest absolute Gasteiger partial charge is 0.486 e. The van der Waals surface area contributed by atoms with Crippen LogP contribution in [0.1, 0.15) is 10.4 Å². The number of hydrogen-bond acceptors (Lipinski definition) is 4. The minimum absolute atomic E-state index is 0. The molecule has 3 N–H and O–H groups in total. The Balaban J connectivity index is 0.00000280. The van der Waals surface area contributed by atoms with Crippen LogP contribution in [0.3, 0.4) is 0 Å². The maximum absolute atomic E-state index is 12.0. The van der Waals surface area contributed by atoms with Crippen molar-refractivity contribution in [1.29, 1.82) is 0 Å². The summed E-state index contributed by atoms with van der Waals surface area (Å²) in [4.78, 5) is 16.2. The van der Waals surface area contributed by atoms with Gasteiger partial charge in [-0.3, -0.25) is 9.79 Å². The van der Waals surface area contributed by atoms with Crippen molar-refractivity contribution in [1.82, 2.24) is 16.0 Å². The van der Waals surface area contributed by atoms with Crippen LogP contribution in [0.15, 0.2) is 59.6 Å². The number of guanidine groups is 1. The van der Waals surface area contributed by atoms with Gasteiger partial charge in [-0.25, -0.2) is 0 Å². The normalized spacial score (nSPS) is 15.2. The summed E-state index contributed by atoms with van der Waals surface area (Å²) in [6.45, 7) is 2.09. The van der Waals surface area contributed by atoms with Gasteiger partial charge in [0, 0.05) is 25.7 Å². The quantitative estimate of drug-likeness (QED) is 0.247. The number of benzene rings is 2. The molecule has 0 spiro atoms. The molecule has 0 aliphatic carbocycles. The number of amides is 1. The fraction of sp³-hybridized carbons (Fsp3) is 0.300. The highest BCUT2D eigenvalue weighted by Gasteiger charge is 2.20. The number of hydrogen-bond donors (Lipinski definition) is 3. The maximum Gasteiger partial charge on any atom is 0.251 e. The first-order valence-electron chi connectivity index (χ1n) is 8.92. The molecule has 1 unspecified atom stereocenters. The number of carbonyl (C=O) groups is 1. The molecule has 28 heavy (non-hydrogen) atoms. The van der Waals surface area contributed by atoms with Crippen molar-refractivity contribution in [2.75, 3.05) is 33.3 Å². The minimum Gasteiger partial charge on any atom is -0.486 e. The van der Waals surface area contributed by atoms with Gasteiger partial charge in [0.1, 0.15) is 12.7 Å². The van der Waals surface area contributed by atoms with Gasteiger partial charge in [-0.2, -0.15) is 0 Å². The van der Waals surface area contributed by atoms with E-state index in [9.17, 15) is 4.79 Å². The predicted octanol–water partition coefficient (Wildman–Crippen LogP) is 2.04. The summed E-state index contributed by atoms with van der Waals surface area (Å²) in [5.41, 5.74) is 0.648. The predicted molar refractivity (Wildman–Crippen MR) is 120 cm³/mol. The zero-order valence-corrected chi connectivity index (χ0v) is 18.0. The lowest BCUT2D eigenvalue weighted by molar-refractivity contribution is 0.0936. The second-order valence-electron chi connectivity index (χ2n) is 6.00. The molecular weight excluding hydrogens is 471 g/mol. The monoisotopic (exact) mass is 496 g/mol. The molecule has 3 rings (SSSR count). The highest BCUT2D eigenvalue weighted by molar-refractivity contribution is 14.0. The highest BCUT2D eigenvalue weighted by Crippen LogP contribution is 2.30. The molecule has 1 amide bonds. The molecule has 0 fully saturated rings. The van der Waals surface area contributed by atoms with Gasteiger partial charge in [-0.1, -0.05) is 30.3 Å². The van der Waals surface area contributed by atoms with E-state index in [2.05, 4.69) is 20.9 Å². The number of rotatable bonds is 6. The van der Waals surface area contributed by atoms with Gasteiger partial charge in [0.15, 0.2) is 17.5 Å². The molecule has 7 nitrogen and oxygen atoms in total. The average molecular weight is 496 g/mol. The van der Waals surface area contributed by atoms with Crippen LogP contribution in [0, 0.1) is 0 Å². The summed E-state index contributed by atoms with van der Waals surface area (Å²) in [7, 11) is 1.70. The molecule has 0 saturated carbocycles. The van der Waals surface area contributed by atoms with Crippen LogP contribution < -0.4 is 25.4 Å². The van der Waals surface area contributed by atoms with Crippen LogP contribution in [0.25, 0.3) is 0 Å². The van der Waals surface area contributed by atoms with Gasteiger partial charge in [-0.15, -0.1) is 24.0 Å². The van der Waals surface area contributed by atoms with Gasteiger partial charge in [-0.05, 0) is 24.3 Å². The van der Waals surface area contributed by atoms with Crippen molar-refractivity contribution in [2.45, 2.75) is 6.10 Å². The maximum atomic E-state index is 12.0. The molecule has 2 aromatic rings. The molecule has 0 aromatic heterocycles. The van der Waals surface area contributed by atoms with E-state index >= 15 is 0 Å². The molecular formula is C20H25IN4O3. The van der Waals surface area contributed by atoms with E-state index in [1.165, 1.54) is 0 Å². The van der Waals surface area contributed by atoms with Crippen molar-refractivity contribution < 1.29 is 14.3 Å². The second kappa shape index (κ2) is 11.4. The lowest BCUT2D eigenvalue weighted by atomic mass is 10.2. The van der Waals surface area contributed by atoms with E-state index < -0.39 is 0 Å². The summed E-state index contributed by atoms with van der Waals surface area (Å²) in [5, 5.41) is 9.24. The third-order valence-corrected chi connectivity index (χ3v) is 4.03. The Morgan fingerprint density at radius 1 is 1.00 bits per heavy atom. The number of halogens is 1. The third kappa shape index (κ3) is 6.29. The fourth-order valence-electron chi connectivity index (χ4n) is 2.64. The fourth-order valence-corrected chi connectivity index (χ4v) is 2.64. The Labute approximate surface area is 181 Å². The lowest BCUT2D eigenvalue weighted by Crippen LogP contribution is -2.46. The van der Waals surface area contributed by atoms with E-state index in [4.69, 9.17) is 9.47 Å². The molecule has 150 valence electrons. The summed E-state index contributed by atoms with van der Waals surface area (Å²) in [6.07, 6.45) is -0.101. The summed E-state index contributed by atoms with van der Waals surface area (Å²) >= 11 is 0. The summed E-state index contributed by atoms with van der Waals surface area (Å²) in [6, 6.07) is 16.8. The molecule has 1 atom stereocenters. The summed E-state index contributed by atoms with van der Waals surface area (Å²) in [5.74, 6) is 2.07. The molecule has 0 bridgehead atoms. The van der Waals surface area contributed by atoms with E-state index in [1.807, 2.05) is 42.5 Å². The second-order valence-corrected chi connectivity index (χ2v) is 6.00. The first-order chi connectivity index (χ1) is 13.3. The molecule has 1 aliphatic heterocycles. The van der Waals surface area contributed by atoms with Crippen molar-refractivity contribution >= 4 is 35.8 Å². The number of para-hydroxylation sites is 2. The van der Waals surface area contributed by atoms with E-state index in [0.717, 1.165) is 11.5 Å². The number of aliphatic imine (C=N–C) groups is 1. The smallest absolute Gasteiger partial charge is 0.251 e. The number of nitrogens with one attached hydrogen (secondary N) is 3. The van der Waals surface area contributed by atoms with Gasteiger partial charge in [0.05, 0.1) is 6.54 Å². The van der Waals surface area contributed by atoms with Crippen LogP contribution in [-0.4, -0.2) is 51.3 Å². The van der Waals surface area contributed by atoms with E-state index in [0.29, 0.717) is 37.8 Å². The van der Waals surface area contributed by atoms with Crippen molar-refractivity contribution in [2.24, 2.45) is 4.99 Å². The van der Waals surface area contributed by atoms with Crippen molar-refractivity contribution in [3.63, 3.8) is 0 Å². The number of nitrogens with zero attached hydrogens (tertiary/aromatic N) is 1. The Hall–Kier alpha value is -2.49. The number of carbonyl (C=O) groups excluding carboxylic acids is 1. The van der Waals surface area contributed by atoms with Gasteiger partial charge in [0.25, 0.3) is 5.91 Å². The van der Waals surface area contributed by atoms with E-state index in [-0.39, 0.29) is 36.0 Å². The molecule has 1 aliphatic rings. The van der Waals surface area contributed by atoms with Crippen LogP contribution in [0.2, 0.25) is 0 Å². The average Bonchev–Trinajstić information content (AvgIpc) is 2.73. The lowest BCUT2D eigenvalue weighted by Gasteiger charge is -2.27. The highest BCUT2D eigenvalue weighted by atomic mass is 127. The Bertz CT molecular complexity index is 786. The third-order valence-electron chi connectivity index (χ3n) is 4.03. The molecule has 8 heteroatoms. The van der Waals surface area contributed by atoms with Crippen molar-refractivity contribution in [3.05, 3.63) is 60.2 Å². The zero-order valence-electron chi connectivity index (χ0n) is 15.7. The first kappa shape index (κ1) is 21.8. The van der Waals surface area contributed by atoms with Gasteiger partial charge >= 0.3 is 0 Å². The van der Waals surface area contributed by atoms with Crippen LogP contribution in [0.4, 0.5) is 0 Å². The van der Waals surface area contributed by atoms with Crippen molar-refractivity contribution in [3.8, 4) is 11.5 Å². The Morgan fingerprint density at radius 2 is 1.68 bits per heavy atom. The first-order valence-corrected chi connectivity index (χ1v) is 8.92. The SMILES string of the molecule is CN=C(NCCNC(=O)c1ccccc1)NCC1COc2ccccc2O1.I. The van der Waals surface area contributed by atoms with E-state index in [1.54, 1.807) is 19.2 Å². The van der Waals surface area contributed by atoms with Crippen LogP contribution in [-0.2, 0) is 0 Å².